The van der Waals surface area contributed by atoms with Gasteiger partial charge in [-0.2, -0.15) is 4.98 Å². The third-order valence-electron chi connectivity index (χ3n) is 4.36. The molecule has 6 heteroatoms. The Balaban J connectivity index is 1.71. The molecule has 0 saturated heterocycles. The lowest BCUT2D eigenvalue weighted by Crippen LogP contribution is -2.43. The molecular formula is C22H25N3O3. The van der Waals surface area contributed by atoms with E-state index >= 15 is 0 Å². The molecule has 3 aromatic rings. The average molecular weight is 379 g/mol. The van der Waals surface area contributed by atoms with Crippen molar-refractivity contribution >= 4 is 5.91 Å². The van der Waals surface area contributed by atoms with Crippen LogP contribution < -0.4 is 4.74 Å². The summed E-state index contributed by atoms with van der Waals surface area (Å²) in [5.41, 5.74) is 2.01. The van der Waals surface area contributed by atoms with Crippen molar-refractivity contribution in [1.29, 1.82) is 0 Å². The molecule has 0 unspecified atom stereocenters. The summed E-state index contributed by atoms with van der Waals surface area (Å²) in [5, 5.41) is 4.06. The topological polar surface area (TPSA) is 68.5 Å². The van der Waals surface area contributed by atoms with Gasteiger partial charge in [0.15, 0.2) is 6.10 Å². The Labute approximate surface area is 165 Å². The van der Waals surface area contributed by atoms with Crippen molar-refractivity contribution in [3.8, 4) is 17.1 Å². The highest BCUT2D eigenvalue weighted by atomic mass is 16.5. The number of rotatable bonds is 7. The second-order valence-electron chi connectivity index (χ2n) is 7.01. The molecule has 0 radical (unpaired) electrons. The quantitative estimate of drug-likeness (QED) is 0.614. The molecule has 146 valence electrons. The predicted octanol–water partition coefficient (Wildman–Crippen LogP) is 4.25. The van der Waals surface area contributed by atoms with Crippen LogP contribution in [0, 0.1) is 6.92 Å². The normalized spacial score (nSPS) is 12.0. The number of ether oxygens (including phenoxy) is 1. The molecule has 0 saturated carbocycles. The standard InChI is InChI=1S/C22H25N3O3/c1-15(2)25(22(26)17(4)27-19-11-6-5-7-12-19)14-20-23-21(24-28-20)18-10-8-9-16(3)13-18/h5-13,15,17H,14H2,1-4H3/t17-/m1/s1. The van der Waals surface area contributed by atoms with Crippen molar-refractivity contribution in [2.45, 2.75) is 46.4 Å². The summed E-state index contributed by atoms with van der Waals surface area (Å²) in [6.45, 7) is 7.89. The van der Waals surface area contributed by atoms with Crippen molar-refractivity contribution in [3.63, 3.8) is 0 Å². The molecule has 3 rings (SSSR count). The SMILES string of the molecule is Cc1cccc(-c2noc(CN(C(=O)[C@@H](C)Oc3ccccc3)C(C)C)n2)c1. The Morgan fingerprint density at radius 2 is 1.86 bits per heavy atom. The van der Waals surface area contributed by atoms with Crippen LogP contribution in [0.2, 0.25) is 0 Å². The second kappa shape index (κ2) is 8.69. The lowest BCUT2D eigenvalue weighted by atomic mass is 10.1. The van der Waals surface area contributed by atoms with Crippen molar-refractivity contribution in [2.24, 2.45) is 0 Å². The first-order valence-electron chi connectivity index (χ1n) is 9.36. The van der Waals surface area contributed by atoms with E-state index in [1.807, 2.05) is 75.4 Å². The molecule has 0 bridgehead atoms. The summed E-state index contributed by atoms with van der Waals surface area (Å²) in [6.07, 6.45) is -0.621. The Morgan fingerprint density at radius 3 is 2.54 bits per heavy atom. The molecule has 1 amide bonds. The van der Waals surface area contributed by atoms with E-state index in [0.717, 1.165) is 11.1 Å². The number of aromatic nitrogens is 2. The van der Waals surface area contributed by atoms with E-state index in [1.54, 1.807) is 11.8 Å². The second-order valence-corrected chi connectivity index (χ2v) is 7.01. The summed E-state index contributed by atoms with van der Waals surface area (Å²) in [7, 11) is 0. The Morgan fingerprint density at radius 1 is 1.11 bits per heavy atom. The van der Waals surface area contributed by atoms with E-state index < -0.39 is 6.10 Å². The van der Waals surface area contributed by atoms with Crippen molar-refractivity contribution in [2.75, 3.05) is 0 Å². The fourth-order valence-corrected chi connectivity index (χ4v) is 2.87. The van der Waals surface area contributed by atoms with Crippen LogP contribution in [0.5, 0.6) is 5.75 Å². The van der Waals surface area contributed by atoms with Crippen LogP contribution in [0.15, 0.2) is 59.1 Å². The van der Waals surface area contributed by atoms with Gasteiger partial charge in [0.2, 0.25) is 11.7 Å². The lowest BCUT2D eigenvalue weighted by Gasteiger charge is -2.28. The van der Waals surface area contributed by atoms with Gasteiger partial charge in [0.25, 0.3) is 5.91 Å². The third kappa shape index (κ3) is 4.76. The van der Waals surface area contributed by atoms with Gasteiger partial charge in [-0.3, -0.25) is 4.79 Å². The molecule has 0 N–H and O–H groups in total. The smallest absolute Gasteiger partial charge is 0.264 e. The lowest BCUT2D eigenvalue weighted by molar-refractivity contribution is -0.140. The fraction of sp³-hybridized carbons (Fsp3) is 0.318. The zero-order valence-corrected chi connectivity index (χ0v) is 16.6. The molecule has 2 aromatic carbocycles. The predicted molar refractivity (Wildman–Crippen MR) is 107 cm³/mol. The fourth-order valence-electron chi connectivity index (χ4n) is 2.87. The maximum atomic E-state index is 12.9. The Hall–Kier alpha value is -3.15. The molecule has 1 atom stereocenters. The first kappa shape index (κ1) is 19.6. The van der Waals surface area contributed by atoms with Gasteiger partial charge in [0.1, 0.15) is 12.3 Å². The van der Waals surface area contributed by atoms with Crippen LogP contribution in [0.3, 0.4) is 0 Å². The van der Waals surface area contributed by atoms with E-state index in [9.17, 15) is 4.79 Å². The third-order valence-corrected chi connectivity index (χ3v) is 4.36. The Bertz CT molecular complexity index is 922. The number of carbonyl (C=O) groups is 1. The number of hydrogen-bond donors (Lipinski definition) is 0. The van der Waals surface area contributed by atoms with E-state index in [4.69, 9.17) is 9.26 Å². The number of hydrogen-bond acceptors (Lipinski definition) is 5. The average Bonchev–Trinajstić information content (AvgIpc) is 3.15. The van der Waals surface area contributed by atoms with Gasteiger partial charge in [-0.25, -0.2) is 0 Å². The minimum Gasteiger partial charge on any atom is -0.481 e. The minimum absolute atomic E-state index is 0.0383. The van der Waals surface area contributed by atoms with Gasteiger partial charge in [0, 0.05) is 11.6 Å². The summed E-state index contributed by atoms with van der Waals surface area (Å²) in [5.74, 6) is 1.44. The first-order valence-corrected chi connectivity index (χ1v) is 9.36. The molecule has 1 heterocycles. The largest absolute Gasteiger partial charge is 0.481 e. The van der Waals surface area contributed by atoms with Gasteiger partial charge < -0.3 is 14.2 Å². The summed E-state index contributed by atoms with van der Waals surface area (Å²) >= 11 is 0. The van der Waals surface area contributed by atoms with Crippen molar-refractivity contribution in [3.05, 3.63) is 66.1 Å². The molecule has 0 aliphatic rings. The zero-order valence-electron chi connectivity index (χ0n) is 16.6. The van der Waals surface area contributed by atoms with Crippen LogP contribution in [0.1, 0.15) is 32.2 Å². The number of para-hydroxylation sites is 1. The van der Waals surface area contributed by atoms with E-state index in [0.29, 0.717) is 17.5 Å². The van der Waals surface area contributed by atoms with E-state index in [2.05, 4.69) is 10.1 Å². The molecule has 0 aliphatic heterocycles. The maximum Gasteiger partial charge on any atom is 0.264 e. The molecule has 6 nitrogen and oxygen atoms in total. The monoisotopic (exact) mass is 379 g/mol. The van der Waals surface area contributed by atoms with Crippen LogP contribution >= 0.6 is 0 Å². The van der Waals surface area contributed by atoms with Gasteiger partial charge in [-0.15, -0.1) is 0 Å². The molecule has 28 heavy (non-hydrogen) atoms. The molecular weight excluding hydrogens is 354 g/mol. The summed E-state index contributed by atoms with van der Waals surface area (Å²) < 4.78 is 11.2. The number of amides is 1. The summed E-state index contributed by atoms with van der Waals surface area (Å²) in [4.78, 5) is 19.1. The number of nitrogens with zero attached hydrogens (tertiary/aromatic N) is 3. The number of benzene rings is 2. The van der Waals surface area contributed by atoms with E-state index in [1.165, 1.54) is 0 Å². The van der Waals surface area contributed by atoms with Gasteiger partial charge >= 0.3 is 0 Å². The van der Waals surface area contributed by atoms with E-state index in [-0.39, 0.29) is 18.5 Å². The Kier molecular flexibility index (Phi) is 6.09. The number of carbonyl (C=O) groups excluding carboxylic acids is 1. The van der Waals surface area contributed by atoms with Gasteiger partial charge in [-0.1, -0.05) is 47.1 Å². The van der Waals surface area contributed by atoms with Crippen molar-refractivity contribution < 1.29 is 14.1 Å². The van der Waals surface area contributed by atoms with Gasteiger partial charge in [0.05, 0.1) is 0 Å². The summed E-state index contributed by atoms with van der Waals surface area (Å²) in [6, 6.07) is 17.2. The van der Waals surface area contributed by atoms with Crippen molar-refractivity contribution in [1.82, 2.24) is 15.0 Å². The van der Waals surface area contributed by atoms with Crippen LogP contribution in [0.4, 0.5) is 0 Å². The van der Waals surface area contributed by atoms with Gasteiger partial charge in [-0.05, 0) is 45.9 Å². The molecule has 0 spiro atoms. The molecule has 0 aliphatic carbocycles. The van der Waals surface area contributed by atoms with Crippen LogP contribution in [-0.4, -0.2) is 33.1 Å². The zero-order chi connectivity index (χ0) is 20.1. The highest BCUT2D eigenvalue weighted by Gasteiger charge is 2.26. The number of aryl methyl sites for hydroxylation is 1. The highest BCUT2D eigenvalue weighted by molar-refractivity contribution is 5.81. The molecule has 1 aromatic heterocycles. The maximum absolute atomic E-state index is 12.9. The minimum atomic E-state index is -0.621. The van der Waals surface area contributed by atoms with Crippen LogP contribution in [0.25, 0.3) is 11.4 Å². The first-order chi connectivity index (χ1) is 13.4. The highest BCUT2D eigenvalue weighted by Crippen LogP contribution is 2.19. The van der Waals surface area contributed by atoms with Crippen LogP contribution in [-0.2, 0) is 11.3 Å². The molecule has 0 fully saturated rings.